The van der Waals surface area contributed by atoms with E-state index in [2.05, 4.69) is 10.1 Å². The quantitative estimate of drug-likeness (QED) is 0.369. The first-order chi connectivity index (χ1) is 17.4. The number of ketones is 1. The molecule has 0 aliphatic heterocycles. The summed E-state index contributed by atoms with van der Waals surface area (Å²) in [5, 5.41) is 4.80. The zero-order valence-corrected chi connectivity index (χ0v) is 20.5. The molecule has 0 N–H and O–H groups in total. The molecule has 3 heterocycles. The summed E-state index contributed by atoms with van der Waals surface area (Å²) >= 11 is 6.31. The molecule has 1 aliphatic carbocycles. The van der Waals surface area contributed by atoms with E-state index in [1.165, 1.54) is 11.6 Å². The second-order valence-electron chi connectivity index (χ2n) is 8.50. The molecule has 10 heteroatoms. The molecular formula is C26H23ClN4O5. The highest BCUT2D eigenvalue weighted by Gasteiger charge is 2.22. The summed E-state index contributed by atoms with van der Waals surface area (Å²) in [6.07, 6.45) is 2.65. The summed E-state index contributed by atoms with van der Waals surface area (Å²) in [7, 11) is 1.32. The van der Waals surface area contributed by atoms with Crippen LogP contribution in [0, 0.1) is 6.92 Å². The number of esters is 1. The molecule has 0 spiro atoms. The number of Topliss-reactive ketones (excluding diaryl/α,β-unsaturated/α-hetero) is 1. The van der Waals surface area contributed by atoms with Crippen LogP contribution in [0.25, 0.3) is 16.6 Å². The monoisotopic (exact) mass is 506 g/mol. The van der Waals surface area contributed by atoms with Crippen LogP contribution in [-0.2, 0) is 28.9 Å². The summed E-state index contributed by atoms with van der Waals surface area (Å²) < 4.78 is 14.0. The lowest BCUT2D eigenvalue weighted by atomic mass is 9.96. The summed E-state index contributed by atoms with van der Waals surface area (Å²) in [5.41, 5.74) is 3.47. The Morgan fingerprint density at radius 3 is 2.75 bits per heavy atom. The van der Waals surface area contributed by atoms with Gasteiger partial charge in [0.2, 0.25) is 0 Å². The van der Waals surface area contributed by atoms with Gasteiger partial charge in [0.25, 0.3) is 5.56 Å². The van der Waals surface area contributed by atoms with Crippen molar-refractivity contribution in [3.63, 3.8) is 0 Å². The van der Waals surface area contributed by atoms with Crippen molar-refractivity contribution in [1.29, 1.82) is 0 Å². The number of benzene rings is 1. The molecular weight excluding hydrogens is 484 g/mol. The van der Waals surface area contributed by atoms with Crippen molar-refractivity contribution >= 4 is 28.9 Å². The van der Waals surface area contributed by atoms with Gasteiger partial charge < -0.3 is 9.47 Å². The minimum atomic E-state index is -0.497. The third-order valence-electron chi connectivity index (χ3n) is 6.31. The maximum Gasteiger partial charge on any atom is 0.356 e. The number of nitrogens with zero attached hydrogens (tertiary/aromatic N) is 4. The first-order valence-corrected chi connectivity index (χ1v) is 11.8. The normalized spacial score (nSPS) is 13.0. The average molecular weight is 507 g/mol. The lowest BCUT2D eigenvalue weighted by Crippen LogP contribution is -2.34. The van der Waals surface area contributed by atoms with E-state index in [1.807, 2.05) is 6.07 Å². The Kier molecular flexibility index (Phi) is 6.32. The van der Waals surface area contributed by atoms with Crippen LogP contribution in [-0.4, -0.2) is 44.6 Å². The highest BCUT2D eigenvalue weighted by atomic mass is 35.5. The van der Waals surface area contributed by atoms with Crippen LogP contribution in [0.4, 0.5) is 0 Å². The highest BCUT2D eigenvalue weighted by Crippen LogP contribution is 2.35. The molecule has 0 saturated carbocycles. The third kappa shape index (κ3) is 4.26. The van der Waals surface area contributed by atoms with Gasteiger partial charge in [0, 0.05) is 40.8 Å². The van der Waals surface area contributed by atoms with Gasteiger partial charge in [-0.05, 0) is 49.7 Å². The molecule has 0 unspecified atom stereocenters. The second-order valence-corrected chi connectivity index (χ2v) is 8.93. The molecule has 9 nitrogen and oxygen atoms in total. The molecule has 0 bridgehead atoms. The topological polar surface area (TPSA) is 105 Å². The van der Waals surface area contributed by atoms with E-state index in [-0.39, 0.29) is 30.9 Å². The molecule has 0 amide bonds. The number of aryl methyl sites for hydroxylation is 2. The Morgan fingerprint density at radius 1 is 1.11 bits per heavy atom. The van der Waals surface area contributed by atoms with Gasteiger partial charge >= 0.3 is 5.97 Å². The van der Waals surface area contributed by atoms with Crippen LogP contribution >= 0.6 is 11.6 Å². The molecule has 3 aromatic heterocycles. The van der Waals surface area contributed by atoms with E-state index in [0.29, 0.717) is 51.8 Å². The summed E-state index contributed by atoms with van der Waals surface area (Å²) in [5.74, 6) is 0.708. The van der Waals surface area contributed by atoms with Gasteiger partial charge in [-0.2, -0.15) is 5.10 Å². The first kappa shape index (κ1) is 23.7. The number of methoxy groups -OCH3 is 1. The molecule has 4 aromatic rings. The number of ether oxygens (including phenoxy) is 2. The maximum absolute atomic E-state index is 13.0. The van der Waals surface area contributed by atoms with Gasteiger partial charge in [0.1, 0.15) is 24.0 Å². The highest BCUT2D eigenvalue weighted by molar-refractivity contribution is 6.31. The lowest BCUT2D eigenvalue weighted by Gasteiger charge is -2.18. The standard InChI is InChI=1S/C26H23ClN4O5/c1-15-29-21-5-4-17(32)14-20(21)25(33)30(15)11-12-36-24-8-3-16(27)13-19(24)18-9-10-28-31-22(18)6-7-23(31)26(34)35-2/h3,6-10,13H,4-5,11-12,14H2,1-2H3. The van der Waals surface area contributed by atoms with E-state index in [1.54, 1.807) is 48.0 Å². The fraction of sp³-hybridized carbons (Fsp3) is 0.269. The van der Waals surface area contributed by atoms with Gasteiger partial charge in [-0.25, -0.2) is 14.3 Å². The molecule has 1 aliphatic rings. The lowest BCUT2D eigenvalue weighted by molar-refractivity contribution is -0.118. The van der Waals surface area contributed by atoms with Crippen molar-refractivity contribution in [2.45, 2.75) is 32.7 Å². The largest absolute Gasteiger partial charge is 0.491 e. The van der Waals surface area contributed by atoms with Gasteiger partial charge in [0.05, 0.1) is 24.9 Å². The molecule has 0 saturated heterocycles. The average Bonchev–Trinajstić information content (AvgIpc) is 3.31. The summed E-state index contributed by atoms with van der Waals surface area (Å²) in [6.45, 7) is 2.25. The fourth-order valence-electron chi connectivity index (χ4n) is 4.54. The molecule has 184 valence electrons. The fourth-order valence-corrected chi connectivity index (χ4v) is 4.71. The Bertz CT molecular complexity index is 1570. The van der Waals surface area contributed by atoms with Crippen molar-refractivity contribution in [3.05, 3.63) is 80.7 Å². The van der Waals surface area contributed by atoms with Crippen LogP contribution in [0.1, 0.15) is 34.0 Å². The number of aromatic nitrogens is 4. The number of carbonyl (C=O) groups excluding carboxylic acids is 2. The van der Waals surface area contributed by atoms with Crippen molar-refractivity contribution in [2.75, 3.05) is 13.7 Å². The number of halogens is 1. The van der Waals surface area contributed by atoms with E-state index in [0.717, 1.165) is 11.3 Å². The number of hydrogen-bond donors (Lipinski definition) is 0. The minimum absolute atomic E-state index is 0.0586. The molecule has 5 rings (SSSR count). The second kappa shape index (κ2) is 9.58. The van der Waals surface area contributed by atoms with Gasteiger partial charge in [0.15, 0.2) is 5.69 Å². The van der Waals surface area contributed by atoms with Crippen LogP contribution in [0.2, 0.25) is 5.02 Å². The third-order valence-corrected chi connectivity index (χ3v) is 6.54. The van der Waals surface area contributed by atoms with E-state index in [9.17, 15) is 14.4 Å². The Morgan fingerprint density at radius 2 is 1.94 bits per heavy atom. The predicted octanol–water partition coefficient (Wildman–Crippen LogP) is 3.44. The van der Waals surface area contributed by atoms with E-state index in [4.69, 9.17) is 21.1 Å². The predicted molar refractivity (Wildman–Crippen MR) is 133 cm³/mol. The van der Waals surface area contributed by atoms with Crippen molar-refractivity contribution < 1.29 is 19.1 Å². The van der Waals surface area contributed by atoms with E-state index < -0.39 is 5.97 Å². The van der Waals surface area contributed by atoms with Crippen molar-refractivity contribution in [3.8, 4) is 16.9 Å². The smallest absolute Gasteiger partial charge is 0.356 e. The van der Waals surface area contributed by atoms with Crippen molar-refractivity contribution in [1.82, 2.24) is 19.2 Å². The molecule has 1 aromatic carbocycles. The summed E-state index contributed by atoms with van der Waals surface area (Å²) in [4.78, 5) is 41.6. The Balaban J connectivity index is 1.45. The molecule has 0 radical (unpaired) electrons. The molecule has 0 atom stereocenters. The van der Waals surface area contributed by atoms with Crippen LogP contribution in [0.5, 0.6) is 5.75 Å². The Labute approximate surface area is 211 Å². The van der Waals surface area contributed by atoms with Crippen molar-refractivity contribution in [2.24, 2.45) is 0 Å². The van der Waals surface area contributed by atoms with Crippen LogP contribution in [0.3, 0.4) is 0 Å². The minimum Gasteiger partial charge on any atom is -0.491 e. The number of carbonyl (C=O) groups is 2. The SMILES string of the molecule is COC(=O)c1ccc2c(-c3cc(Cl)ccc3OCCn3c(C)nc4c(c3=O)CC(=O)CC4)ccnn12. The van der Waals surface area contributed by atoms with Gasteiger partial charge in [-0.3, -0.25) is 14.2 Å². The van der Waals surface area contributed by atoms with Gasteiger partial charge in [-0.1, -0.05) is 11.6 Å². The molecule has 0 fully saturated rings. The van der Waals surface area contributed by atoms with Gasteiger partial charge in [-0.15, -0.1) is 0 Å². The Hall–Kier alpha value is -3.98. The zero-order valence-electron chi connectivity index (χ0n) is 19.8. The first-order valence-electron chi connectivity index (χ1n) is 11.5. The number of hydrogen-bond acceptors (Lipinski definition) is 7. The number of fused-ring (bicyclic) bond motifs is 2. The van der Waals surface area contributed by atoms with Crippen LogP contribution in [0.15, 0.2) is 47.4 Å². The number of rotatable bonds is 6. The maximum atomic E-state index is 13.0. The van der Waals surface area contributed by atoms with E-state index >= 15 is 0 Å². The summed E-state index contributed by atoms with van der Waals surface area (Å²) in [6, 6.07) is 10.5. The molecule has 36 heavy (non-hydrogen) atoms. The zero-order chi connectivity index (χ0) is 25.4. The van der Waals surface area contributed by atoms with Crippen LogP contribution < -0.4 is 10.3 Å².